The average Bonchev–Trinajstić information content (AvgIpc) is 3.03. The van der Waals surface area contributed by atoms with Gasteiger partial charge in [-0.1, -0.05) is 41.4 Å². The summed E-state index contributed by atoms with van der Waals surface area (Å²) in [6, 6.07) is 11.8. The van der Waals surface area contributed by atoms with Gasteiger partial charge in [0.1, 0.15) is 17.0 Å². The fourth-order valence-electron chi connectivity index (χ4n) is 3.00. The smallest absolute Gasteiger partial charge is 0.143 e. The molecule has 0 aliphatic carbocycles. The second-order valence-corrected chi connectivity index (χ2v) is 7.82. The molecule has 2 aromatic heterocycles. The van der Waals surface area contributed by atoms with Crippen LogP contribution in [0.2, 0.25) is 10.0 Å². The predicted molar refractivity (Wildman–Crippen MR) is 112 cm³/mol. The van der Waals surface area contributed by atoms with Gasteiger partial charge in [-0.25, -0.2) is 9.97 Å². The standard InChI is InChI=1S/C20H15Cl2N3S/c1-11-7-12(2)18(16(22)8-11)25-19-17-15(9-26-20(17)24-10-23-19)13-3-5-14(21)6-4-13/h3-10H,1-2H3,(H,23,24,25). The third-order valence-corrected chi connectivity index (χ3v) is 5.64. The number of aryl methyl sites for hydroxylation is 2. The molecule has 0 radical (unpaired) electrons. The number of fused-ring (bicyclic) bond motifs is 1. The Morgan fingerprint density at radius 1 is 1.00 bits per heavy atom. The average molecular weight is 400 g/mol. The van der Waals surface area contributed by atoms with Crippen molar-refractivity contribution in [2.75, 3.05) is 5.32 Å². The van der Waals surface area contributed by atoms with Crippen LogP contribution in [0.1, 0.15) is 11.1 Å². The second-order valence-electron chi connectivity index (χ2n) is 6.12. The van der Waals surface area contributed by atoms with E-state index in [0.29, 0.717) is 10.0 Å². The van der Waals surface area contributed by atoms with E-state index < -0.39 is 0 Å². The van der Waals surface area contributed by atoms with Crippen molar-refractivity contribution < 1.29 is 0 Å². The fourth-order valence-corrected chi connectivity index (χ4v) is 4.41. The first-order valence-corrected chi connectivity index (χ1v) is 9.68. The fraction of sp³-hybridized carbons (Fsp3) is 0.100. The number of nitrogens with zero attached hydrogens (tertiary/aromatic N) is 2. The molecule has 0 aliphatic rings. The third kappa shape index (κ3) is 3.16. The van der Waals surface area contributed by atoms with E-state index in [9.17, 15) is 0 Å². The van der Waals surface area contributed by atoms with Gasteiger partial charge in [0, 0.05) is 16.0 Å². The Bertz CT molecular complexity index is 1080. The number of halogens is 2. The van der Waals surface area contributed by atoms with E-state index >= 15 is 0 Å². The zero-order chi connectivity index (χ0) is 18.3. The Balaban J connectivity index is 1.86. The number of hydrogen-bond donors (Lipinski definition) is 1. The summed E-state index contributed by atoms with van der Waals surface area (Å²) in [4.78, 5) is 9.82. The number of aromatic nitrogens is 2. The van der Waals surface area contributed by atoms with Crippen molar-refractivity contribution in [2.24, 2.45) is 0 Å². The minimum absolute atomic E-state index is 0.678. The van der Waals surface area contributed by atoms with Crippen molar-refractivity contribution >= 4 is 56.3 Å². The van der Waals surface area contributed by atoms with Crippen LogP contribution in [0.25, 0.3) is 21.3 Å². The zero-order valence-electron chi connectivity index (χ0n) is 14.2. The van der Waals surface area contributed by atoms with Crippen LogP contribution < -0.4 is 5.32 Å². The molecule has 2 aromatic carbocycles. The van der Waals surface area contributed by atoms with Crippen LogP contribution in [0, 0.1) is 13.8 Å². The molecule has 0 unspecified atom stereocenters. The molecule has 0 fully saturated rings. The highest BCUT2D eigenvalue weighted by Gasteiger charge is 2.15. The van der Waals surface area contributed by atoms with E-state index in [-0.39, 0.29) is 0 Å². The van der Waals surface area contributed by atoms with Crippen molar-refractivity contribution in [1.82, 2.24) is 9.97 Å². The number of rotatable bonds is 3. The Hall–Kier alpha value is -2.14. The molecule has 2 heterocycles. The molecule has 26 heavy (non-hydrogen) atoms. The highest BCUT2D eigenvalue weighted by atomic mass is 35.5. The lowest BCUT2D eigenvalue weighted by atomic mass is 10.1. The van der Waals surface area contributed by atoms with Crippen LogP contribution >= 0.6 is 34.5 Å². The maximum Gasteiger partial charge on any atom is 0.143 e. The molecule has 130 valence electrons. The second kappa shape index (κ2) is 6.88. The van der Waals surface area contributed by atoms with Crippen LogP contribution in [0.3, 0.4) is 0 Å². The maximum absolute atomic E-state index is 6.47. The number of nitrogens with one attached hydrogen (secondary N) is 1. The minimum Gasteiger partial charge on any atom is -0.338 e. The van der Waals surface area contributed by atoms with E-state index in [1.165, 1.54) is 0 Å². The highest BCUT2D eigenvalue weighted by molar-refractivity contribution is 7.17. The van der Waals surface area contributed by atoms with Gasteiger partial charge in [-0.15, -0.1) is 11.3 Å². The molecule has 4 rings (SSSR count). The first-order chi connectivity index (χ1) is 12.5. The van der Waals surface area contributed by atoms with Crippen molar-refractivity contribution in [2.45, 2.75) is 13.8 Å². The van der Waals surface area contributed by atoms with Crippen LogP contribution in [0.4, 0.5) is 11.5 Å². The molecule has 1 N–H and O–H groups in total. The summed E-state index contributed by atoms with van der Waals surface area (Å²) in [6.45, 7) is 4.07. The largest absolute Gasteiger partial charge is 0.338 e. The summed E-state index contributed by atoms with van der Waals surface area (Å²) < 4.78 is 0. The normalized spacial score (nSPS) is 11.1. The van der Waals surface area contributed by atoms with E-state index in [1.807, 2.05) is 44.2 Å². The van der Waals surface area contributed by atoms with Crippen molar-refractivity contribution in [3.63, 3.8) is 0 Å². The van der Waals surface area contributed by atoms with Gasteiger partial charge in [0.2, 0.25) is 0 Å². The van der Waals surface area contributed by atoms with Gasteiger partial charge < -0.3 is 5.32 Å². The lowest BCUT2D eigenvalue weighted by Crippen LogP contribution is -1.99. The molecule has 0 bridgehead atoms. The van der Waals surface area contributed by atoms with Gasteiger partial charge in [0.05, 0.1) is 16.1 Å². The Labute approximate surface area is 165 Å². The van der Waals surface area contributed by atoms with Gasteiger partial charge in [0.15, 0.2) is 0 Å². The predicted octanol–water partition coefficient (Wildman–Crippen LogP) is 7.03. The van der Waals surface area contributed by atoms with Crippen LogP contribution in [0.15, 0.2) is 48.1 Å². The van der Waals surface area contributed by atoms with Crippen molar-refractivity contribution in [3.05, 3.63) is 69.3 Å². The van der Waals surface area contributed by atoms with E-state index in [1.54, 1.807) is 17.7 Å². The molecular weight excluding hydrogens is 385 g/mol. The van der Waals surface area contributed by atoms with Gasteiger partial charge in [-0.2, -0.15) is 0 Å². The molecule has 0 saturated heterocycles. The molecule has 3 nitrogen and oxygen atoms in total. The monoisotopic (exact) mass is 399 g/mol. The molecular formula is C20H15Cl2N3S. The summed E-state index contributed by atoms with van der Waals surface area (Å²) in [7, 11) is 0. The SMILES string of the molecule is Cc1cc(C)c(Nc2ncnc3scc(-c4ccc(Cl)cc4)c23)c(Cl)c1. The van der Waals surface area contributed by atoms with Crippen LogP contribution in [-0.2, 0) is 0 Å². The third-order valence-electron chi connectivity index (χ3n) is 4.20. The molecule has 0 spiro atoms. The molecule has 6 heteroatoms. The van der Waals surface area contributed by atoms with E-state index in [4.69, 9.17) is 23.2 Å². The van der Waals surface area contributed by atoms with Gasteiger partial charge >= 0.3 is 0 Å². The topological polar surface area (TPSA) is 37.8 Å². The zero-order valence-corrected chi connectivity index (χ0v) is 16.5. The molecule has 0 amide bonds. The molecule has 4 aromatic rings. The Morgan fingerprint density at radius 3 is 2.50 bits per heavy atom. The quantitative estimate of drug-likeness (QED) is 0.401. The Kier molecular flexibility index (Phi) is 4.57. The number of thiophene rings is 1. The first kappa shape index (κ1) is 17.3. The molecule has 0 saturated carbocycles. The summed E-state index contributed by atoms with van der Waals surface area (Å²) in [5.41, 5.74) is 5.22. The molecule has 0 atom stereocenters. The highest BCUT2D eigenvalue weighted by Crippen LogP contribution is 2.39. The summed E-state index contributed by atoms with van der Waals surface area (Å²) >= 11 is 14.1. The van der Waals surface area contributed by atoms with Gasteiger partial charge in [-0.05, 0) is 48.7 Å². The van der Waals surface area contributed by atoms with Crippen LogP contribution in [0.5, 0.6) is 0 Å². The lowest BCUT2D eigenvalue weighted by Gasteiger charge is -2.13. The maximum atomic E-state index is 6.47. The number of anilines is 2. The first-order valence-electron chi connectivity index (χ1n) is 8.05. The number of benzene rings is 2. The minimum atomic E-state index is 0.678. The van der Waals surface area contributed by atoms with Gasteiger partial charge in [0.25, 0.3) is 0 Å². The van der Waals surface area contributed by atoms with Crippen molar-refractivity contribution in [3.8, 4) is 11.1 Å². The van der Waals surface area contributed by atoms with Crippen LogP contribution in [-0.4, -0.2) is 9.97 Å². The summed E-state index contributed by atoms with van der Waals surface area (Å²) in [6.07, 6.45) is 1.57. The summed E-state index contributed by atoms with van der Waals surface area (Å²) in [5.74, 6) is 0.745. The Morgan fingerprint density at radius 2 is 1.77 bits per heavy atom. The van der Waals surface area contributed by atoms with E-state index in [2.05, 4.69) is 26.7 Å². The summed E-state index contributed by atoms with van der Waals surface area (Å²) in [5, 5.41) is 7.88. The van der Waals surface area contributed by atoms with Gasteiger partial charge in [-0.3, -0.25) is 0 Å². The van der Waals surface area contributed by atoms with E-state index in [0.717, 1.165) is 44.0 Å². The number of hydrogen-bond acceptors (Lipinski definition) is 4. The lowest BCUT2D eigenvalue weighted by molar-refractivity contribution is 1.22. The van der Waals surface area contributed by atoms with Crippen molar-refractivity contribution in [1.29, 1.82) is 0 Å². The molecule has 0 aliphatic heterocycles.